The van der Waals surface area contributed by atoms with Gasteiger partial charge in [-0.25, -0.2) is 5.57 Å². The Hall–Kier alpha value is -3.22. The van der Waals surface area contributed by atoms with Crippen LogP contribution in [0.1, 0.15) is 94.3 Å². The normalized spacial score (nSPS) is 13.8. The Kier molecular flexibility index (Phi) is 15.1. The van der Waals surface area contributed by atoms with E-state index in [1.165, 1.54) is 99.1 Å². The standard InChI is InChI=1S/C21H25.C15H14.C13H13.2ClH.Zr/c1-20(2,3)16-7-9-18-14(12-16)11-15-13-17(21(4,5)6)8-10-19(15)18;1-12-3-7-14(8-4-12)11-15-9-5-13(2)6-10-15;1-10-8-11(2)13(9-10)12-6-4-3-5-7-12;;;/h7-13H,1-6H3;3-10H,1-2H3;3-7,9-10H,1-2H3;2*1H;/q-1;;-1;;;+2/p-2. The third-order valence-electron chi connectivity index (χ3n) is 9.47. The van der Waals surface area contributed by atoms with E-state index >= 15 is 0 Å². The molecule has 0 radical (unpaired) electrons. The van der Waals surface area contributed by atoms with Crippen molar-refractivity contribution >= 4 is 30.3 Å². The quantitative estimate of drug-likeness (QED) is 0.166. The summed E-state index contributed by atoms with van der Waals surface area (Å²) in [5.74, 6) is 0.468. The molecule has 1 atom stereocenters. The number of benzene rings is 5. The average molecular weight is 803 g/mol. The third-order valence-corrected chi connectivity index (χ3v) is 10.9. The second-order valence-corrected chi connectivity index (χ2v) is 17.1. The fraction of sp³-hybridized carbons (Fsp3) is 0.265. The molecule has 0 aliphatic heterocycles. The Labute approximate surface area is 341 Å². The molecule has 1 aliphatic carbocycles. The van der Waals surface area contributed by atoms with Gasteiger partial charge in [0.25, 0.3) is 0 Å². The van der Waals surface area contributed by atoms with Crippen molar-refractivity contribution in [2.75, 3.05) is 0 Å². The number of halogens is 2. The van der Waals surface area contributed by atoms with E-state index in [9.17, 15) is 0 Å². The molecule has 0 nitrogen and oxygen atoms in total. The molecule has 6 aromatic rings. The predicted molar refractivity (Wildman–Crippen MR) is 216 cm³/mol. The Morgan fingerprint density at radius 2 is 1.02 bits per heavy atom. The average Bonchev–Trinajstić information content (AvgIpc) is 3.63. The second-order valence-electron chi connectivity index (χ2n) is 15.9. The van der Waals surface area contributed by atoms with Gasteiger partial charge < -0.3 is 24.8 Å². The first-order valence-corrected chi connectivity index (χ1v) is 19.1. The van der Waals surface area contributed by atoms with Crippen LogP contribution in [0.3, 0.4) is 0 Å². The summed E-state index contributed by atoms with van der Waals surface area (Å²) in [6, 6.07) is 44.2. The van der Waals surface area contributed by atoms with E-state index < -0.39 is 0 Å². The van der Waals surface area contributed by atoms with Crippen LogP contribution in [0.15, 0.2) is 133 Å². The third kappa shape index (κ3) is 10.9. The van der Waals surface area contributed by atoms with Crippen molar-refractivity contribution in [3.8, 4) is 0 Å². The van der Waals surface area contributed by atoms with Crippen molar-refractivity contribution in [3.05, 3.63) is 178 Å². The minimum absolute atomic E-state index is 0. The Morgan fingerprint density at radius 3 is 1.38 bits per heavy atom. The predicted octanol–water partition coefficient (Wildman–Crippen LogP) is 7.20. The molecule has 0 bridgehead atoms. The van der Waals surface area contributed by atoms with E-state index in [0.717, 1.165) is 0 Å². The first-order valence-electron chi connectivity index (χ1n) is 17.8. The minimum atomic E-state index is 0. The molecule has 0 N–H and O–H groups in total. The van der Waals surface area contributed by atoms with Gasteiger partial charge in [0.15, 0.2) is 0 Å². The summed E-state index contributed by atoms with van der Waals surface area (Å²) in [6.45, 7) is 22.2. The van der Waals surface area contributed by atoms with Gasteiger partial charge in [0, 0.05) is 0 Å². The van der Waals surface area contributed by atoms with Gasteiger partial charge in [0.2, 0.25) is 0 Å². The number of fused-ring (bicyclic) bond motifs is 3. The van der Waals surface area contributed by atoms with Crippen LogP contribution in [0.4, 0.5) is 0 Å². The minimum Gasteiger partial charge on any atom is -1.00 e. The van der Waals surface area contributed by atoms with Crippen molar-refractivity contribution in [1.29, 1.82) is 0 Å². The molecule has 3 heteroatoms. The molecule has 52 heavy (non-hydrogen) atoms. The van der Waals surface area contributed by atoms with Crippen LogP contribution in [0.5, 0.6) is 0 Å². The van der Waals surface area contributed by atoms with Gasteiger partial charge in [-0.1, -0.05) is 127 Å². The zero-order valence-corrected chi connectivity index (χ0v) is 36.4. The maximum atomic E-state index is 3.39. The molecule has 0 heterocycles. The van der Waals surface area contributed by atoms with Crippen LogP contribution in [-0.4, -0.2) is 3.21 Å². The molecule has 1 unspecified atom stereocenters. The maximum absolute atomic E-state index is 3.39. The van der Waals surface area contributed by atoms with Crippen molar-refractivity contribution in [2.24, 2.45) is 5.92 Å². The molecule has 0 amide bonds. The van der Waals surface area contributed by atoms with Crippen molar-refractivity contribution in [2.45, 2.75) is 80.1 Å². The van der Waals surface area contributed by atoms with E-state index in [2.05, 4.69) is 197 Å². The summed E-state index contributed by atoms with van der Waals surface area (Å²) in [6.07, 6.45) is 5.66. The zero-order valence-electron chi connectivity index (χ0n) is 32.5. The van der Waals surface area contributed by atoms with Crippen LogP contribution >= 0.6 is 0 Å². The van der Waals surface area contributed by atoms with E-state index in [0.29, 0.717) is 5.92 Å². The summed E-state index contributed by atoms with van der Waals surface area (Å²) in [5.41, 5.74) is 12.4. The van der Waals surface area contributed by atoms with Gasteiger partial charge in [-0.05, 0) is 10.8 Å². The second kappa shape index (κ2) is 18.2. The number of hydrogen-bond acceptors (Lipinski definition) is 0. The molecule has 6 aromatic carbocycles. The van der Waals surface area contributed by atoms with E-state index in [1.54, 1.807) is 0 Å². The maximum Gasteiger partial charge on any atom is -1.00 e. The van der Waals surface area contributed by atoms with E-state index in [-0.39, 0.29) is 35.6 Å². The number of rotatable bonds is 3. The molecule has 1 aliphatic rings. The first-order chi connectivity index (χ1) is 23.6. The van der Waals surface area contributed by atoms with E-state index in [4.69, 9.17) is 0 Å². The summed E-state index contributed by atoms with van der Waals surface area (Å²) in [5, 5.41) is 5.48. The molecule has 0 saturated heterocycles. The number of aryl methyl sites for hydroxylation is 2. The molecular formula is C49H52Cl2Zr-2. The van der Waals surface area contributed by atoms with Crippen LogP contribution in [0.2, 0.25) is 0 Å². The van der Waals surface area contributed by atoms with Gasteiger partial charge in [-0.2, -0.15) is 11.6 Å². The molecule has 7 rings (SSSR count). The molecule has 0 spiro atoms. The largest absolute Gasteiger partial charge is 1.00 e. The SMILES string of the molecule is CC(C)(C)c1ccc2c(c1)[cH-]c1cc(C(C)(C)C)ccc12.CC1=[C-]C(C)C=C1c1ccccc1.Cc1ccc([C](=[Zr+2])c2ccc(C)cc2)cc1.[Cl-].[Cl-]. The van der Waals surface area contributed by atoms with Gasteiger partial charge in [0.1, 0.15) is 0 Å². The summed E-state index contributed by atoms with van der Waals surface area (Å²) >= 11 is 1.46. The first kappa shape index (κ1) is 43.2. The fourth-order valence-electron chi connectivity index (χ4n) is 6.33. The van der Waals surface area contributed by atoms with Crippen LogP contribution in [0, 0.1) is 25.8 Å². The summed E-state index contributed by atoms with van der Waals surface area (Å²) in [7, 11) is 0. The fourth-order valence-corrected chi connectivity index (χ4v) is 7.15. The van der Waals surface area contributed by atoms with Crippen LogP contribution < -0.4 is 24.8 Å². The van der Waals surface area contributed by atoms with Gasteiger partial charge in [0.05, 0.1) is 0 Å². The summed E-state index contributed by atoms with van der Waals surface area (Å²) in [4.78, 5) is 0. The van der Waals surface area contributed by atoms with Crippen molar-refractivity contribution in [3.63, 3.8) is 0 Å². The Balaban J connectivity index is 0.000000212. The number of allylic oxidation sites excluding steroid dienone is 4. The molecular weight excluding hydrogens is 751 g/mol. The van der Waals surface area contributed by atoms with Crippen molar-refractivity contribution in [1.82, 2.24) is 0 Å². The van der Waals surface area contributed by atoms with Gasteiger partial charge >= 0.3 is 112 Å². The Morgan fingerprint density at radius 1 is 0.596 bits per heavy atom. The van der Waals surface area contributed by atoms with Gasteiger partial charge in [-0.15, -0.1) is 45.3 Å². The topological polar surface area (TPSA) is 0 Å². The molecule has 0 saturated carbocycles. The molecule has 0 fully saturated rings. The Bertz CT molecular complexity index is 2030. The molecule has 268 valence electrons. The zero-order chi connectivity index (χ0) is 36.2. The smallest absolute Gasteiger partial charge is 1.00 e. The monoisotopic (exact) mass is 800 g/mol. The number of hydrogen-bond donors (Lipinski definition) is 0. The molecule has 0 aromatic heterocycles. The van der Waals surface area contributed by atoms with E-state index in [1.807, 2.05) is 6.07 Å². The van der Waals surface area contributed by atoms with Crippen molar-refractivity contribution < 1.29 is 49.0 Å². The van der Waals surface area contributed by atoms with Crippen LogP contribution in [0.25, 0.3) is 27.1 Å². The summed E-state index contributed by atoms with van der Waals surface area (Å²) < 4.78 is 1.42. The van der Waals surface area contributed by atoms with Crippen LogP contribution in [-0.2, 0) is 35.1 Å². The van der Waals surface area contributed by atoms with Gasteiger partial charge in [-0.3, -0.25) is 6.08 Å².